The van der Waals surface area contributed by atoms with Crippen LogP contribution in [0.25, 0.3) is 22.0 Å². The number of halogens is 1. The lowest BCUT2D eigenvalue weighted by Crippen LogP contribution is -2.19. The lowest BCUT2D eigenvalue weighted by atomic mass is 10.0. The van der Waals surface area contributed by atoms with Crippen molar-refractivity contribution < 1.29 is 14.0 Å². The zero-order valence-corrected chi connectivity index (χ0v) is 15.1. The summed E-state index contributed by atoms with van der Waals surface area (Å²) < 4.78 is 13.2. The molecule has 2 aromatic carbocycles. The van der Waals surface area contributed by atoms with Crippen molar-refractivity contribution in [1.82, 2.24) is 9.97 Å². The second-order valence-corrected chi connectivity index (χ2v) is 6.33. The molecule has 0 aliphatic rings. The van der Waals surface area contributed by atoms with Crippen molar-refractivity contribution in [3.8, 4) is 11.1 Å². The van der Waals surface area contributed by atoms with Crippen LogP contribution >= 0.6 is 0 Å². The lowest BCUT2D eigenvalue weighted by Gasteiger charge is -2.09. The first-order chi connectivity index (χ1) is 14.0. The summed E-state index contributed by atoms with van der Waals surface area (Å²) in [6, 6.07) is 13.8. The summed E-state index contributed by atoms with van der Waals surface area (Å²) in [7, 11) is 0. The number of anilines is 2. The van der Waals surface area contributed by atoms with Crippen molar-refractivity contribution in [2.75, 3.05) is 10.6 Å². The van der Waals surface area contributed by atoms with Crippen LogP contribution in [0, 0.1) is 5.82 Å². The van der Waals surface area contributed by atoms with Crippen LogP contribution in [0.3, 0.4) is 0 Å². The van der Waals surface area contributed by atoms with Crippen molar-refractivity contribution in [3.05, 3.63) is 78.5 Å². The Bertz CT molecular complexity index is 1220. The molecule has 2 aromatic heterocycles. The zero-order chi connectivity index (χ0) is 20.4. The van der Waals surface area contributed by atoms with Gasteiger partial charge in [-0.15, -0.1) is 0 Å². The minimum atomic E-state index is -0.576. The summed E-state index contributed by atoms with van der Waals surface area (Å²) in [6.07, 6.45) is 3.26. The van der Waals surface area contributed by atoms with Crippen LogP contribution < -0.4 is 16.4 Å². The Labute approximate surface area is 164 Å². The molecule has 4 aromatic rings. The highest BCUT2D eigenvalue weighted by Crippen LogP contribution is 2.32. The highest BCUT2D eigenvalue weighted by Gasteiger charge is 2.17. The molecule has 29 heavy (non-hydrogen) atoms. The summed E-state index contributed by atoms with van der Waals surface area (Å²) in [6.45, 7) is 0. The van der Waals surface area contributed by atoms with Crippen LogP contribution in [0.15, 0.2) is 67.0 Å². The molecule has 0 radical (unpaired) electrons. The van der Waals surface area contributed by atoms with Gasteiger partial charge in [-0.1, -0.05) is 18.2 Å². The van der Waals surface area contributed by atoms with Gasteiger partial charge in [-0.2, -0.15) is 0 Å². The van der Waals surface area contributed by atoms with Crippen LogP contribution in [-0.2, 0) is 0 Å². The van der Waals surface area contributed by atoms with Crippen molar-refractivity contribution in [2.24, 2.45) is 5.73 Å². The van der Waals surface area contributed by atoms with E-state index in [0.717, 1.165) is 10.9 Å². The fourth-order valence-corrected chi connectivity index (χ4v) is 3.11. The molecule has 0 saturated heterocycles. The molecule has 0 aliphatic heterocycles. The summed E-state index contributed by atoms with van der Waals surface area (Å²) >= 11 is 0. The van der Waals surface area contributed by atoms with Crippen molar-refractivity contribution in [3.63, 3.8) is 0 Å². The number of aromatic nitrogens is 2. The zero-order valence-electron chi connectivity index (χ0n) is 15.1. The number of fused-ring (bicyclic) bond motifs is 1. The number of primary amides is 1. The van der Waals surface area contributed by atoms with Gasteiger partial charge in [0.05, 0.1) is 11.7 Å². The van der Waals surface area contributed by atoms with Gasteiger partial charge in [0.1, 0.15) is 11.5 Å². The van der Waals surface area contributed by atoms with E-state index in [1.54, 1.807) is 48.8 Å². The van der Waals surface area contributed by atoms with E-state index in [1.165, 1.54) is 18.2 Å². The predicted octanol–water partition coefficient (Wildman–Crippen LogP) is 4.11. The van der Waals surface area contributed by atoms with Gasteiger partial charge in [0.25, 0.3) is 5.91 Å². The Balaban J connectivity index is 1.57. The van der Waals surface area contributed by atoms with Gasteiger partial charge >= 0.3 is 6.03 Å². The molecule has 3 amide bonds. The smallest absolute Gasteiger partial charge is 0.323 e. The van der Waals surface area contributed by atoms with Crippen LogP contribution in [0.2, 0.25) is 0 Å². The molecular formula is C21H16FN5O2. The fraction of sp³-hybridized carbons (Fsp3) is 0. The molecule has 0 aliphatic carbocycles. The molecule has 7 nitrogen and oxygen atoms in total. The predicted molar refractivity (Wildman–Crippen MR) is 109 cm³/mol. The first-order valence-electron chi connectivity index (χ1n) is 8.71. The standard InChI is InChI=1S/C21H16FN5O2/c22-13-2-1-3-15(10-13)26-21(29)25-14-6-4-12(5-7-14)18-16-8-9-24-11-17(16)27-19(18)20(23)28/h1-11,27H,(H2,23,28)(H2,25,26,29). The SMILES string of the molecule is NC(=O)c1[nH]c2cnccc2c1-c1ccc(NC(=O)Nc2cccc(F)c2)cc1. The van der Waals surface area contributed by atoms with Gasteiger partial charge in [-0.3, -0.25) is 9.78 Å². The average molecular weight is 389 g/mol. The molecule has 0 spiro atoms. The van der Waals surface area contributed by atoms with E-state index in [9.17, 15) is 14.0 Å². The summed E-state index contributed by atoms with van der Waals surface area (Å²) in [5.41, 5.74) is 8.81. The Morgan fingerprint density at radius 3 is 2.48 bits per heavy atom. The van der Waals surface area contributed by atoms with Crippen molar-refractivity contribution in [1.29, 1.82) is 0 Å². The molecule has 5 N–H and O–H groups in total. The van der Waals surface area contributed by atoms with E-state index in [-0.39, 0.29) is 5.69 Å². The summed E-state index contributed by atoms with van der Waals surface area (Å²) in [5.74, 6) is -1.01. The Morgan fingerprint density at radius 2 is 1.76 bits per heavy atom. The number of hydrogen-bond acceptors (Lipinski definition) is 3. The Hall–Kier alpha value is -4.20. The maximum atomic E-state index is 13.2. The quantitative estimate of drug-likeness (QED) is 0.421. The summed E-state index contributed by atoms with van der Waals surface area (Å²) in [4.78, 5) is 31.0. The van der Waals surface area contributed by atoms with Gasteiger partial charge in [0, 0.05) is 28.5 Å². The second-order valence-electron chi connectivity index (χ2n) is 6.33. The maximum Gasteiger partial charge on any atom is 0.323 e. The van der Waals surface area contributed by atoms with Gasteiger partial charge in [0.15, 0.2) is 0 Å². The van der Waals surface area contributed by atoms with Crippen LogP contribution in [0.1, 0.15) is 10.5 Å². The van der Waals surface area contributed by atoms with E-state index in [1.807, 2.05) is 0 Å². The lowest BCUT2D eigenvalue weighted by molar-refractivity contribution is 0.0997. The first-order valence-corrected chi connectivity index (χ1v) is 8.71. The average Bonchev–Trinajstić information content (AvgIpc) is 3.08. The molecule has 0 unspecified atom stereocenters. The number of nitrogens with zero attached hydrogens (tertiary/aromatic N) is 1. The minimum Gasteiger partial charge on any atom is -0.364 e. The monoisotopic (exact) mass is 389 g/mol. The maximum absolute atomic E-state index is 13.2. The number of carbonyl (C=O) groups excluding carboxylic acids is 2. The van der Waals surface area contributed by atoms with Gasteiger partial charge in [-0.25, -0.2) is 9.18 Å². The van der Waals surface area contributed by atoms with Crippen LogP contribution in [0.5, 0.6) is 0 Å². The Morgan fingerprint density at radius 1 is 1.00 bits per heavy atom. The fourth-order valence-electron chi connectivity index (χ4n) is 3.11. The van der Waals surface area contributed by atoms with Crippen molar-refractivity contribution >= 4 is 34.2 Å². The third kappa shape index (κ3) is 3.77. The van der Waals surface area contributed by atoms with Gasteiger partial charge in [-0.05, 0) is 42.0 Å². The van der Waals surface area contributed by atoms with E-state index in [0.29, 0.717) is 22.5 Å². The number of H-pyrrole nitrogens is 1. The molecule has 0 bridgehead atoms. The van der Waals surface area contributed by atoms with E-state index in [2.05, 4.69) is 20.6 Å². The van der Waals surface area contributed by atoms with E-state index >= 15 is 0 Å². The summed E-state index contributed by atoms with van der Waals surface area (Å²) in [5, 5.41) is 6.05. The molecule has 0 saturated carbocycles. The highest BCUT2D eigenvalue weighted by atomic mass is 19.1. The van der Waals surface area contributed by atoms with Crippen LogP contribution in [-0.4, -0.2) is 21.9 Å². The van der Waals surface area contributed by atoms with Crippen LogP contribution in [0.4, 0.5) is 20.6 Å². The number of urea groups is 1. The Kier molecular flexibility index (Phi) is 4.66. The topological polar surface area (TPSA) is 113 Å². The van der Waals surface area contributed by atoms with Crippen molar-refractivity contribution in [2.45, 2.75) is 0 Å². The molecule has 8 heteroatoms. The number of pyridine rings is 1. The highest BCUT2D eigenvalue weighted by molar-refractivity contribution is 6.09. The number of nitrogens with one attached hydrogen (secondary N) is 3. The molecular weight excluding hydrogens is 373 g/mol. The van der Waals surface area contributed by atoms with Gasteiger partial charge < -0.3 is 21.4 Å². The van der Waals surface area contributed by atoms with Gasteiger partial charge in [0.2, 0.25) is 0 Å². The molecule has 0 atom stereocenters. The third-order valence-corrected chi connectivity index (χ3v) is 4.36. The normalized spacial score (nSPS) is 10.7. The molecule has 2 heterocycles. The number of rotatable bonds is 4. The molecule has 144 valence electrons. The number of aromatic amines is 1. The first kappa shape index (κ1) is 18.2. The van der Waals surface area contributed by atoms with E-state index in [4.69, 9.17) is 5.73 Å². The molecule has 4 rings (SSSR count). The minimum absolute atomic E-state index is 0.289. The number of amides is 3. The largest absolute Gasteiger partial charge is 0.364 e. The second kappa shape index (κ2) is 7.43. The number of benzene rings is 2. The third-order valence-electron chi connectivity index (χ3n) is 4.36. The van der Waals surface area contributed by atoms with E-state index < -0.39 is 17.8 Å². The number of nitrogens with two attached hydrogens (primary N) is 1. The molecule has 0 fully saturated rings. The number of carbonyl (C=O) groups is 2. The number of hydrogen-bond donors (Lipinski definition) is 4.